The lowest BCUT2D eigenvalue weighted by Gasteiger charge is -2.18. The molecule has 0 atom stereocenters. The summed E-state index contributed by atoms with van der Waals surface area (Å²) in [5.41, 5.74) is 0.972. The Balaban J connectivity index is 1.58. The number of ether oxygens (including phenoxy) is 1. The lowest BCUT2D eigenvalue weighted by atomic mass is 10.00. The molecule has 1 saturated heterocycles. The van der Waals surface area contributed by atoms with Crippen LogP contribution in [0.25, 0.3) is 0 Å². The summed E-state index contributed by atoms with van der Waals surface area (Å²) in [6.45, 7) is 2.06. The topological polar surface area (TPSA) is 60.2 Å². The van der Waals surface area contributed by atoms with Gasteiger partial charge in [-0.2, -0.15) is 4.98 Å². The molecule has 0 amide bonds. The van der Waals surface area contributed by atoms with Crippen LogP contribution in [0.15, 0.2) is 28.8 Å². The van der Waals surface area contributed by atoms with E-state index in [1.807, 2.05) is 24.3 Å². The highest BCUT2D eigenvalue weighted by molar-refractivity contribution is 6.30. The Labute approximate surface area is 122 Å². The van der Waals surface area contributed by atoms with Crippen molar-refractivity contribution in [2.45, 2.75) is 25.3 Å². The van der Waals surface area contributed by atoms with Crippen LogP contribution >= 0.6 is 11.6 Å². The standard InChI is InChI=1S/C14H16ClN3O2/c15-11-1-3-12(4-2-11)16-9-13-17-14(18-20-13)10-5-7-19-8-6-10/h1-4,10,16H,5-9H2. The first kappa shape index (κ1) is 13.4. The Morgan fingerprint density at radius 1 is 1.20 bits per heavy atom. The zero-order valence-electron chi connectivity index (χ0n) is 11.0. The fraction of sp³-hybridized carbons (Fsp3) is 0.429. The summed E-state index contributed by atoms with van der Waals surface area (Å²) in [5, 5.41) is 8.01. The van der Waals surface area contributed by atoms with Crippen LogP contribution in [-0.2, 0) is 11.3 Å². The molecule has 0 aliphatic carbocycles. The van der Waals surface area contributed by atoms with Crippen LogP contribution in [0.4, 0.5) is 5.69 Å². The maximum atomic E-state index is 5.84. The highest BCUT2D eigenvalue weighted by Crippen LogP contribution is 2.24. The minimum Gasteiger partial charge on any atom is -0.381 e. The van der Waals surface area contributed by atoms with Crippen molar-refractivity contribution in [3.05, 3.63) is 41.0 Å². The molecule has 20 heavy (non-hydrogen) atoms. The van der Waals surface area contributed by atoms with Gasteiger partial charge in [0.2, 0.25) is 5.89 Å². The first-order valence-corrected chi connectivity index (χ1v) is 7.09. The number of aromatic nitrogens is 2. The van der Waals surface area contributed by atoms with Crippen LogP contribution in [0.2, 0.25) is 5.02 Å². The first-order chi connectivity index (χ1) is 9.81. The predicted octanol–water partition coefficient (Wildman–Crippen LogP) is 3.23. The van der Waals surface area contributed by atoms with Crippen molar-refractivity contribution in [2.75, 3.05) is 18.5 Å². The number of nitrogens with one attached hydrogen (secondary N) is 1. The fourth-order valence-electron chi connectivity index (χ4n) is 2.21. The number of anilines is 1. The maximum Gasteiger partial charge on any atom is 0.245 e. The third-order valence-corrected chi connectivity index (χ3v) is 3.61. The van der Waals surface area contributed by atoms with Gasteiger partial charge in [0.25, 0.3) is 0 Å². The molecule has 1 aliphatic rings. The molecular formula is C14H16ClN3O2. The summed E-state index contributed by atoms with van der Waals surface area (Å²) in [6.07, 6.45) is 1.92. The van der Waals surface area contributed by atoms with E-state index < -0.39 is 0 Å². The number of hydrogen-bond donors (Lipinski definition) is 1. The van der Waals surface area contributed by atoms with Crippen LogP contribution in [0.1, 0.15) is 30.5 Å². The van der Waals surface area contributed by atoms with E-state index in [4.69, 9.17) is 20.9 Å². The van der Waals surface area contributed by atoms with Crippen LogP contribution in [-0.4, -0.2) is 23.4 Å². The molecule has 0 bridgehead atoms. The largest absolute Gasteiger partial charge is 0.381 e. The molecule has 1 N–H and O–H groups in total. The van der Waals surface area contributed by atoms with Crippen LogP contribution < -0.4 is 5.32 Å². The molecule has 2 heterocycles. The maximum absolute atomic E-state index is 5.84. The lowest BCUT2D eigenvalue weighted by molar-refractivity contribution is 0.0830. The third-order valence-electron chi connectivity index (χ3n) is 3.36. The minimum absolute atomic E-state index is 0.358. The Morgan fingerprint density at radius 2 is 1.95 bits per heavy atom. The van der Waals surface area contributed by atoms with Crippen molar-refractivity contribution in [1.29, 1.82) is 0 Å². The highest BCUT2D eigenvalue weighted by atomic mass is 35.5. The van der Waals surface area contributed by atoms with E-state index in [2.05, 4.69) is 15.5 Å². The number of halogens is 1. The van der Waals surface area contributed by atoms with Gasteiger partial charge in [0.1, 0.15) is 0 Å². The summed E-state index contributed by atoms with van der Waals surface area (Å²) in [5.74, 6) is 1.75. The minimum atomic E-state index is 0.358. The lowest BCUT2D eigenvalue weighted by Crippen LogP contribution is -2.15. The molecule has 0 saturated carbocycles. The molecule has 1 fully saturated rings. The molecule has 0 unspecified atom stereocenters. The van der Waals surface area contributed by atoms with E-state index in [1.165, 1.54) is 0 Å². The molecule has 5 nitrogen and oxygen atoms in total. The molecule has 3 rings (SSSR count). The van der Waals surface area contributed by atoms with Gasteiger partial charge in [-0.3, -0.25) is 0 Å². The van der Waals surface area contributed by atoms with Gasteiger partial charge in [0, 0.05) is 29.8 Å². The molecule has 1 aromatic carbocycles. The fourth-order valence-corrected chi connectivity index (χ4v) is 2.33. The van der Waals surface area contributed by atoms with E-state index in [9.17, 15) is 0 Å². The molecule has 1 aromatic heterocycles. The summed E-state index contributed by atoms with van der Waals surface area (Å²) >= 11 is 5.84. The Kier molecular flexibility index (Phi) is 4.18. The van der Waals surface area contributed by atoms with Crippen molar-refractivity contribution < 1.29 is 9.26 Å². The van der Waals surface area contributed by atoms with E-state index >= 15 is 0 Å². The molecule has 106 valence electrons. The molecular weight excluding hydrogens is 278 g/mol. The molecule has 2 aromatic rings. The van der Waals surface area contributed by atoms with Gasteiger partial charge in [-0.15, -0.1) is 0 Å². The van der Waals surface area contributed by atoms with E-state index in [0.717, 1.165) is 42.6 Å². The SMILES string of the molecule is Clc1ccc(NCc2nc(C3CCOCC3)no2)cc1. The second-order valence-corrected chi connectivity index (χ2v) is 5.23. The van der Waals surface area contributed by atoms with Crippen molar-refractivity contribution in [2.24, 2.45) is 0 Å². The number of benzene rings is 1. The molecule has 0 radical (unpaired) electrons. The Morgan fingerprint density at radius 3 is 2.70 bits per heavy atom. The zero-order chi connectivity index (χ0) is 13.8. The average molecular weight is 294 g/mol. The second-order valence-electron chi connectivity index (χ2n) is 4.79. The summed E-state index contributed by atoms with van der Waals surface area (Å²) in [4.78, 5) is 4.44. The van der Waals surface area contributed by atoms with Crippen molar-refractivity contribution in [1.82, 2.24) is 10.1 Å². The van der Waals surface area contributed by atoms with E-state index in [1.54, 1.807) is 0 Å². The molecule has 0 spiro atoms. The summed E-state index contributed by atoms with van der Waals surface area (Å²) < 4.78 is 10.6. The van der Waals surface area contributed by atoms with Crippen molar-refractivity contribution in [3.63, 3.8) is 0 Å². The van der Waals surface area contributed by atoms with E-state index in [-0.39, 0.29) is 0 Å². The van der Waals surface area contributed by atoms with Crippen LogP contribution in [0, 0.1) is 0 Å². The van der Waals surface area contributed by atoms with Gasteiger partial charge in [-0.25, -0.2) is 0 Å². The van der Waals surface area contributed by atoms with Crippen molar-refractivity contribution >= 4 is 17.3 Å². The molecule has 6 heteroatoms. The Hall–Kier alpha value is -1.59. The monoisotopic (exact) mass is 293 g/mol. The van der Waals surface area contributed by atoms with Crippen LogP contribution in [0.5, 0.6) is 0 Å². The molecule has 1 aliphatic heterocycles. The Bertz CT molecular complexity index is 550. The number of nitrogens with zero attached hydrogens (tertiary/aromatic N) is 2. The normalized spacial score (nSPS) is 16.2. The third kappa shape index (κ3) is 3.29. The summed E-state index contributed by atoms with van der Waals surface area (Å²) in [7, 11) is 0. The van der Waals surface area contributed by atoms with Gasteiger partial charge in [0.05, 0.1) is 6.54 Å². The van der Waals surface area contributed by atoms with Gasteiger partial charge in [-0.05, 0) is 37.1 Å². The highest BCUT2D eigenvalue weighted by Gasteiger charge is 2.21. The zero-order valence-corrected chi connectivity index (χ0v) is 11.8. The number of rotatable bonds is 4. The van der Waals surface area contributed by atoms with Crippen molar-refractivity contribution in [3.8, 4) is 0 Å². The second kappa shape index (κ2) is 6.24. The first-order valence-electron chi connectivity index (χ1n) is 6.71. The smallest absolute Gasteiger partial charge is 0.245 e. The predicted molar refractivity (Wildman–Crippen MR) is 75.9 cm³/mol. The number of hydrogen-bond acceptors (Lipinski definition) is 5. The van der Waals surface area contributed by atoms with Crippen LogP contribution in [0.3, 0.4) is 0 Å². The van der Waals surface area contributed by atoms with Gasteiger partial charge in [-0.1, -0.05) is 16.8 Å². The van der Waals surface area contributed by atoms with Gasteiger partial charge < -0.3 is 14.6 Å². The summed E-state index contributed by atoms with van der Waals surface area (Å²) in [6, 6.07) is 7.51. The van der Waals surface area contributed by atoms with Gasteiger partial charge >= 0.3 is 0 Å². The van der Waals surface area contributed by atoms with E-state index in [0.29, 0.717) is 18.4 Å². The average Bonchev–Trinajstić information content (AvgIpc) is 2.97. The quantitative estimate of drug-likeness (QED) is 0.938. The van der Waals surface area contributed by atoms with Gasteiger partial charge in [0.15, 0.2) is 5.82 Å².